The Balaban J connectivity index is 2.76. The van der Waals surface area contributed by atoms with Gasteiger partial charge in [-0.15, -0.1) is 0 Å². The highest BCUT2D eigenvalue weighted by Crippen LogP contribution is 2.19. The predicted octanol–water partition coefficient (Wildman–Crippen LogP) is 1.70. The zero-order valence-corrected chi connectivity index (χ0v) is 9.45. The lowest BCUT2D eigenvalue weighted by Crippen LogP contribution is -2.26. The van der Waals surface area contributed by atoms with Crippen molar-refractivity contribution in [2.45, 2.75) is 13.1 Å². The molecule has 1 amide bonds. The van der Waals surface area contributed by atoms with E-state index in [1.165, 1.54) is 18.3 Å². The smallest absolute Gasteiger partial charge is 0.422 e. The standard InChI is InChI=1S/C10H11F3N2O3/c1-2-18-15-8(16)7-4-3-5-14-9(7)17-6-10(11,12)13/h3-5H,2,6H2,1H3,(H,15,16). The number of hydroxylamine groups is 1. The van der Waals surface area contributed by atoms with E-state index in [0.29, 0.717) is 0 Å². The molecule has 0 aliphatic carbocycles. The second-order valence-electron chi connectivity index (χ2n) is 3.12. The number of carbonyl (C=O) groups excluding carboxylic acids is 1. The van der Waals surface area contributed by atoms with Gasteiger partial charge in [0.1, 0.15) is 5.56 Å². The molecule has 0 atom stereocenters. The number of rotatable bonds is 5. The van der Waals surface area contributed by atoms with E-state index in [0.717, 1.165) is 0 Å². The lowest BCUT2D eigenvalue weighted by atomic mass is 10.2. The number of aromatic nitrogens is 1. The molecule has 0 radical (unpaired) electrons. The van der Waals surface area contributed by atoms with Gasteiger partial charge in [0.25, 0.3) is 5.91 Å². The molecule has 1 heterocycles. The molecule has 0 saturated heterocycles. The van der Waals surface area contributed by atoms with Crippen molar-refractivity contribution in [3.63, 3.8) is 0 Å². The Bertz CT molecular complexity index is 410. The Morgan fingerprint density at radius 3 is 2.83 bits per heavy atom. The van der Waals surface area contributed by atoms with Crippen LogP contribution in [0.4, 0.5) is 13.2 Å². The van der Waals surface area contributed by atoms with Crippen molar-refractivity contribution >= 4 is 5.91 Å². The number of nitrogens with zero attached hydrogens (tertiary/aromatic N) is 1. The maximum absolute atomic E-state index is 12.0. The third-order valence-corrected chi connectivity index (χ3v) is 1.70. The monoisotopic (exact) mass is 264 g/mol. The minimum absolute atomic E-state index is 0.129. The van der Waals surface area contributed by atoms with Crippen molar-refractivity contribution in [1.29, 1.82) is 0 Å². The van der Waals surface area contributed by atoms with Crippen LogP contribution < -0.4 is 10.2 Å². The molecule has 0 aromatic carbocycles. The summed E-state index contributed by atoms with van der Waals surface area (Å²) in [4.78, 5) is 19.7. The summed E-state index contributed by atoms with van der Waals surface area (Å²) < 4.78 is 40.4. The molecule has 0 unspecified atom stereocenters. The Hall–Kier alpha value is -1.83. The van der Waals surface area contributed by atoms with Crippen LogP contribution in [0.2, 0.25) is 0 Å². The SMILES string of the molecule is CCONC(=O)c1cccnc1OCC(F)(F)F. The lowest BCUT2D eigenvalue weighted by molar-refractivity contribution is -0.154. The van der Waals surface area contributed by atoms with E-state index in [4.69, 9.17) is 0 Å². The van der Waals surface area contributed by atoms with Crippen LogP contribution in [0.1, 0.15) is 17.3 Å². The molecule has 0 spiro atoms. The average Bonchev–Trinajstić information content (AvgIpc) is 2.33. The van der Waals surface area contributed by atoms with Gasteiger partial charge in [0.2, 0.25) is 5.88 Å². The summed E-state index contributed by atoms with van der Waals surface area (Å²) in [6.07, 6.45) is -3.27. The maximum Gasteiger partial charge on any atom is 0.422 e. The van der Waals surface area contributed by atoms with Crippen molar-refractivity contribution in [1.82, 2.24) is 10.5 Å². The van der Waals surface area contributed by atoms with E-state index >= 15 is 0 Å². The fourth-order valence-corrected chi connectivity index (χ4v) is 1.02. The van der Waals surface area contributed by atoms with Crippen LogP contribution in [0.25, 0.3) is 0 Å². The van der Waals surface area contributed by atoms with Crippen molar-refractivity contribution in [2.24, 2.45) is 0 Å². The van der Waals surface area contributed by atoms with Gasteiger partial charge in [0.15, 0.2) is 6.61 Å². The topological polar surface area (TPSA) is 60.5 Å². The summed E-state index contributed by atoms with van der Waals surface area (Å²) >= 11 is 0. The number of hydrogen-bond donors (Lipinski definition) is 1. The van der Waals surface area contributed by atoms with Crippen LogP contribution in [-0.2, 0) is 4.84 Å². The summed E-state index contributed by atoms with van der Waals surface area (Å²) in [7, 11) is 0. The normalized spacial score (nSPS) is 11.1. The van der Waals surface area contributed by atoms with Gasteiger partial charge in [-0.2, -0.15) is 13.2 Å². The first-order valence-corrected chi connectivity index (χ1v) is 5.00. The molecule has 1 rings (SSSR count). The number of amides is 1. The molecule has 1 aromatic heterocycles. The summed E-state index contributed by atoms with van der Waals surface area (Å²) in [6, 6.07) is 2.69. The minimum atomic E-state index is -4.49. The van der Waals surface area contributed by atoms with E-state index in [-0.39, 0.29) is 12.2 Å². The molecule has 0 fully saturated rings. The summed E-state index contributed by atoms with van der Waals surface area (Å²) in [5.41, 5.74) is 1.92. The van der Waals surface area contributed by atoms with E-state index in [2.05, 4.69) is 14.6 Å². The van der Waals surface area contributed by atoms with E-state index in [1.807, 2.05) is 5.48 Å². The average molecular weight is 264 g/mol. The van der Waals surface area contributed by atoms with Crippen molar-refractivity contribution < 1.29 is 27.5 Å². The van der Waals surface area contributed by atoms with Crippen LogP contribution in [0, 0.1) is 0 Å². The predicted molar refractivity (Wildman–Crippen MR) is 54.9 cm³/mol. The Labute approximate surface area is 101 Å². The molecule has 0 saturated carbocycles. The third-order valence-electron chi connectivity index (χ3n) is 1.70. The molecule has 18 heavy (non-hydrogen) atoms. The number of hydrogen-bond acceptors (Lipinski definition) is 4. The second-order valence-corrected chi connectivity index (χ2v) is 3.12. The number of pyridine rings is 1. The molecule has 5 nitrogen and oxygen atoms in total. The number of carbonyl (C=O) groups is 1. The van der Waals surface area contributed by atoms with Gasteiger partial charge in [-0.3, -0.25) is 9.63 Å². The van der Waals surface area contributed by atoms with Gasteiger partial charge in [-0.05, 0) is 19.1 Å². The number of nitrogens with one attached hydrogen (secondary N) is 1. The van der Waals surface area contributed by atoms with E-state index in [1.54, 1.807) is 6.92 Å². The fourth-order valence-electron chi connectivity index (χ4n) is 1.02. The van der Waals surface area contributed by atoms with Gasteiger partial charge in [0, 0.05) is 6.20 Å². The van der Waals surface area contributed by atoms with Gasteiger partial charge < -0.3 is 4.74 Å². The first-order valence-electron chi connectivity index (χ1n) is 5.00. The molecule has 0 aliphatic rings. The van der Waals surface area contributed by atoms with Crippen LogP contribution in [-0.4, -0.2) is 30.3 Å². The third kappa shape index (κ3) is 4.58. The lowest BCUT2D eigenvalue weighted by Gasteiger charge is -2.11. The molecule has 8 heteroatoms. The molecule has 0 bridgehead atoms. The van der Waals surface area contributed by atoms with Gasteiger partial charge in [0.05, 0.1) is 6.61 Å². The molecule has 1 N–H and O–H groups in total. The number of halogens is 3. The minimum Gasteiger partial charge on any atom is -0.467 e. The molecular weight excluding hydrogens is 253 g/mol. The zero-order chi connectivity index (χ0) is 13.6. The molecular formula is C10H11F3N2O3. The highest BCUT2D eigenvalue weighted by Gasteiger charge is 2.29. The van der Waals surface area contributed by atoms with Crippen LogP contribution >= 0.6 is 0 Å². The summed E-state index contributed by atoms with van der Waals surface area (Å²) in [5, 5.41) is 0. The first-order chi connectivity index (χ1) is 8.44. The molecule has 0 aliphatic heterocycles. The number of alkyl halides is 3. The van der Waals surface area contributed by atoms with E-state index in [9.17, 15) is 18.0 Å². The van der Waals surface area contributed by atoms with Crippen LogP contribution in [0.3, 0.4) is 0 Å². The maximum atomic E-state index is 12.0. The quantitative estimate of drug-likeness (QED) is 0.822. The highest BCUT2D eigenvalue weighted by atomic mass is 19.4. The largest absolute Gasteiger partial charge is 0.467 e. The molecule has 1 aromatic rings. The summed E-state index contributed by atoms with van der Waals surface area (Å²) in [5.74, 6) is -1.12. The molecule has 100 valence electrons. The van der Waals surface area contributed by atoms with Crippen molar-refractivity contribution in [3.8, 4) is 5.88 Å². The Kier molecular flexibility index (Phi) is 4.90. The second kappa shape index (κ2) is 6.20. The van der Waals surface area contributed by atoms with Gasteiger partial charge >= 0.3 is 6.18 Å². The zero-order valence-electron chi connectivity index (χ0n) is 9.45. The van der Waals surface area contributed by atoms with Gasteiger partial charge in [-0.1, -0.05) is 0 Å². The van der Waals surface area contributed by atoms with Crippen molar-refractivity contribution in [2.75, 3.05) is 13.2 Å². The van der Waals surface area contributed by atoms with Gasteiger partial charge in [-0.25, -0.2) is 10.5 Å². The van der Waals surface area contributed by atoms with Crippen LogP contribution in [0.5, 0.6) is 5.88 Å². The number of ether oxygens (including phenoxy) is 1. The van der Waals surface area contributed by atoms with E-state index < -0.39 is 24.6 Å². The fraction of sp³-hybridized carbons (Fsp3) is 0.400. The summed E-state index contributed by atoms with van der Waals surface area (Å²) in [6.45, 7) is 0.355. The van der Waals surface area contributed by atoms with Crippen molar-refractivity contribution in [3.05, 3.63) is 23.9 Å². The first kappa shape index (κ1) is 14.2. The van der Waals surface area contributed by atoms with Crippen LogP contribution in [0.15, 0.2) is 18.3 Å². The Morgan fingerprint density at radius 1 is 1.50 bits per heavy atom. The highest BCUT2D eigenvalue weighted by molar-refractivity contribution is 5.95. The Morgan fingerprint density at radius 2 is 2.22 bits per heavy atom.